The molecule has 1 aliphatic heterocycles. The highest BCUT2D eigenvalue weighted by Gasteiger charge is 2.19. The van der Waals surface area contributed by atoms with Crippen LogP contribution in [0.2, 0.25) is 0 Å². The van der Waals surface area contributed by atoms with E-state index >= 15 is 0 Å². The van der Waals surface area contributed by atoms with Crippen molar-refractivity contribution in [2.24, 2.45) is 5.92 Å². The normalized spacial score (nSPS) is 15.4. The van der Waals surface area contributed by atoms with Gasteiger partial charge in [-0.05, 0) is 57.3 Å². The van der Waals surface area contributed by atoms with Crippen molar-refractivity contribution in [2.45, 2.75) is 46.6 Å². The van der Waals surface area contributed by atoms with E-state index in [0.29, 0.717) is 0 Å². The molecule has 0 spiro atoms. The first-order chi connectivity index (χ1) is 9.69. The van der Waals surface area contributed by atoms with Crippen molar-refractivity contribution in [2.75, 3.05) is 13.1 Å². The van der Waals surface area contributed by atoms with E-state index in [1.807, 2.05) is 0 Å². The highest BCUT2D eigenvalue weighted by Crippen LogP contribution is 2.23. The number of nitrogens with zero attached hydrogens (tertiary/aromatic N) is 3. The SMILES string of the molecule is CCc1nc2c(C)cc(C)nc2n1CC1CCNCC1.Cl.Cl. The second-order valence-corrected chi connectivity index (χ2v) is 5.94. The summed E-state index contributed by atoms with van der Waals surface area (Å²) in [6.45, 7) is 9.74. The van der Waals surface area contributed by atoms with Gasteiger partial charge < -0.3 is 9.88 Å². The van der Waals surface area contributed by atoms with Crippen LogP contribution >= 0.6 is 24.8 Å². The lowest BCUT2D eigenvalue weighted by Gasteiger charge is -2.23. The first-order valence-corrected chi connectivity index (χ1v) is 7.73. The molecule has 124 valence electrons. The molecule has 1 aliphatic rings. The van der Waals surface area contributed by atoms with Gasteiger partial charge in [-0.25, -0.2) is 9.97 Å². The number of aromatic nitrogens is 3. The quantitative estimate of drug-likeness (QED) is 0.927. The van der Waals surface area contributed by atoms with Gasteiger partial charge in [-0.1, -0.05) is 6.92 Å². The van der Waals surface area contributed by atoms with Gasteiger partial charge >= 0.3 is 0 Å². The third-order valence-corrected chi connectivity index (χ3v) is 4.32. The number of fused-ring (bicyclic) bond motifs is 1. The highest BCUT2D eigenvalue weighted by molar-refractivity contribution is 5.85. The molecule has 0 unspecified atom stereocenters. The van der Waals surface area contributed by atoms with E-state index in [0.717, 1.165) is 48.8 Å². The zero-order valence-electron chi connectivity index (χ0n) is 13.6. The van der Waals surface area contributed by atoms with Crippen molar-refractivity contribution in [1.29, 1.82) is 0 Å². The maximum absolute atomic E-state index is 4.82. The molecule has 2 aromatic heterocycles. The van der Waals surface area contributed by atoms with E-state index in [-0.39, 0.29) is 24.8 Å². The molecular weight excluding hydrogens is 319 g/mol. The molecule has 1 saturated heterocycles. The molecule has 0 saturated carbocycles. The molecule has 0 bridgehead atoms. The number of halogens is 2. The lowest BCUT2D eigenvalue weighted by molar-refractivity contribution is 0.332. The first-order valence-electron chi connectivity index (χ1n) is 7.73. The summed E-state index contributed by atoms with van der Waals surface area (Å²) >= 11 is 0. The Morgan fingerprint density at radius 3 is 2.50 bits per heavy atom. The Morgan fingerprint density at radius 1 is 1.18 bits per heavy atom. The van der Waals surface area contributed by atoms with Gasteiger partial charge in [0.05, 0.1) is 0 Å². The monoisotopic (exact) mass is 344 g/mol. The fourth-order valence-electron chi connectivity index (χ4n) is 3.23. The standard InChI is InChI=1S/C16H24N4.2ClH/c1-4-14-19-15-11(2)9-12(3)18-16(15)20(14)10-13-5-7-17-8-6-13;;/h9,13,17H,4-8,10H2,1-3H3;2*1H. The summed E-state index contributed by atoms with van der Waals surface area (Å²) in [5.74, 6) is 1.93. The second kappa shape index (κ2) is 8.14. The maximum Gasteiger partial charge on any atom is 0.160 e. The average Bonchev–Trinajstić information content (AvgIpc) is 2.78. The molecular formula is C16H26Cl2N4. The van der Waals surface area contributed by atoms with E-state index in [4.69, 9.17) is 9.97 Å². The molecule has 6 heteroatoms. The fourth-order valence-corrected chi connectivity index (χ4v) is 3.23. The van der Waals surface area contributed by atoms with Gasteiger partial charge in [0.15, 0.2) is 5.65 Å². The van der Waals surface area contributed by atoms with Crippen LogP contribution in [-0.4, -0.2) is 27.6 Å². The van der Waals surface area contributed by atoms with E-state index in [9.17, 15) is 0 Å². The molecule has 0 amide bonds. The summed E-state index contributed by atoms with van der Waals surface area (Å²) < 4.78 is 2.37. The smallest absolute Gasteiger partial charge is 0.160 e. The number of hydrogen-bond acceptors (Lipinski definition) is 3. The molecule has 3 rings (SSSR count). The Bertz CT molecular complexity index is 618. The summed E-state index contributed by atoms with van der Waals surface area (Å²) in [6.07, 6.45) is 3.49. The fraction of sp³-hybridized carbons (Fsp3) is 0.625. The summed E-state index contributed by atoms with van der Waals surface area (Å²) in [5, 5.41) is 3.44. The predicted octanol–water partition coefficient (Wildman–Crippen LogP) is 3.45. The van der Waals surface area contributed by atoms with Crippen LogP contribution in [0, 0.1) is 19.8 Å². The molecule has 0 aromatic carbocycles. The molecule has 2 aromatic rings. The summed E-state index contributed by atoms with van der Waals surface area (Å²) in [4.78, 5) is 9.58. The molecule has 1 fully saturated rings. The predicted molar refractivity (Wildman–Crippen MR) is 96.5 cm³/mol. The zero-order valence-corrected chi connectivity index (χ0v) is 15.2. The number of nitrogens with one attached hydrogen (secondary N) is 1. The average molecular weight is 345 g/mol. The molecule has 0 radical (unpaired) electrons. The van der Waals surface area contributed by atoms with Crippen LogP contribution < -0.4 is 5.32 Å². The van der Waals surface area contributed by atoms with Crippen LogP contribution in [0.3, 0.4) is 0 Å². The van der Waals surface area contributed by atoms with Gasteiger partial charge in [-0.2, -0.15) is 0 Å². The number of imidazole rings is 1. The highest BCUT2D eigenvalue weighted by atomic mass is 35.5. The van der Waals surface area contributed by atoms with E-state index in [1.54, 1.807) is 0 Å². The Labute approximate surface area is 144 Å². The summed E-state index contributed by atoms with van der Waals surface area (Å²) in [5.41, 5.74) is 4.50. The van der Waals surface area contributed by atoms with Crippen LogP contribution in [-0.2, 0) is 13.0 Å². The van der Waals surface area contributed by atoms with Crippen molar-refractivity contribution in [3.05, 3.63) is 23.1 Å². The maximum atomic E-state index is 4.82. The molecule has 0 aliphatic carbocycles. The third-order valence-electron chi connectivity index (χ3n) is 4.32. The minimum atomic E-state index is 0. The van der Waals surface area contributed by atoms with Gasteiger partial charge in [0, 0.05) is 18.7 Å². The minimum absolute atomic E-state index is 0. The van der Waals surface area contributed by atoms with Gasteiger partial charge in [-0.3, -0.25) is 0 Å². The Morgan fingerprint density at radius 2 is 1.86 bits per heavy atom. The van der Waals surface area contributed by atoms with E-state index < -0.39 is 0 Å². The number of pyridine rings is 1. The molecule has 22 heavy (non-hydrogen) atoms. The van der Waals surface area contributed by atoms with E-state index in [1.165, 1.54) is 24.2 Å². The Balaban J connectivity index is 0.00000121. The van der Waals surface area contributed by atoms with Crippen molar-refractivity contribution < 1.29 is 0 Å². The Kier molecular flexibility index (Phi) is 7.10. The van der Waals surface area contributed by atoms with Crippen molar-refractivity contribution >= 4 is 36.0 Å². The Hall–Kier alpha value is -0.840. The van der Waals surface area contributed by atoms with Crippen LogP contribution in [0.15, 0.2) is 6.07 Å². The molecule has 3 heterocycles. The van der Waals surface area contributed by atoms with Crippen molar-refractivity contribution in [3.63, 3.8) is 0 Å². The first kappa shape index (κ1) is 19.2. The summed E-state index contributed by atoms with van der Waals surface area (Å²) in [7, 11) is 0. The second-order valence-electron chi connectivity index (χ2n) is 5.94. The topological polar surface area (TPSA) is 42.7 Å². The van der Waals surface area contributed by atoms with Gasteiger partial charge in [0.2, 0.25) is 0 Å². The third kappa shape index (κ3) is 3.73. The van der Waals surface area contributed by atoms with Crippen molar-refractivity contribution in [3.8, 4) is 0 Å². The molecule has 1 N–H and O–H groups in total. The van der Waals surface area contributed by atoms with Crippen LogP contribution in [0.25, 0.3) is 11.2 Å². The number of piperidine rings is 1. The van der Waals surface area contributed by atoms with Gasteiger partial charge in [-0.15, -0.1) is 24.8 Å². The number of hydrogen-bond donors (Lipinski definition) is 1. The lowest BCUT2D eigenvalue weighted by Crippen LogP contribution is -2.30. The lowest BCUT2D eigenvalue weighted by atomic mass is 9.98. The van der Waals surface area contributed by atoms with Crippen LogP contribution in [0.4, 0.5) is 0 Å². The number of rotatable bonds is 3. The molecule has 4 nitrogen and oxygen atoms in total. The van der Waals surface area contributed by atoms with Gasteiger partial charge in [0.1, 0.15) is 11.3 Å². The van der Waals surface area contributed by atoms with Gasteiger partial charge in [0.25, 0.3) is 0 Å². The zero-order chi connectivity index (χ0) is 14.1. The van der Waals surface area contributed by atoms with Crippen LogP contribution in [0.5, 0.6) is 0 Å². The molecule has 0 atom stereocenters. The van der Waals surface area contributed by atoms with E-state index in [2.05, 4.69) is 36.7 Å². The number of aryl methyl sites for hydroxylation is 3. The summed E-state index contributed by atoms with van der Waals surface area (Å²) in [6, 6.07) is 2.13. The van der Waals surface area contributed by atoms with Crippen LogP contribution in [0.1, 0.15) is 36.8 Å². The largest absolute Gasteiger partial charge is 0.317 e. The minimum Gasteiger partial charge on any atom is -0.317 e. The van der Waals surface area contributed by atoms with Crippen molar-refractivity contribution in [1.82, 2.24) is 19.9 Å².